The lowest BCUT2D eigenvalue weighted by Gasteiger charge is -2.39. The quantitative estimate of drug-likeness (QED) is 0.898. The maximum atomic E-state index is 12.1. The van der Waals surface area contributed by atoms with Gasteiger partial charge in [0.25, 0.3) is 0 Å². The van der Waals surface area contributed by atoms with E-state index in [1.165, 1.54) is 0 Å². The molecule has 0 aliphatic carbocycles. The van der Waals surface area contributed by atoms with Gasteiger partial charge in [-0.3, -0.25) is 9.69 Å². The van der Waals surface area contributed by atoms with Crippen molar-refractivity contribution in [1.82, 2.24) is 4.90 Å². The standard InChI is InChI=1S/C15H21ClN2O2/c1-11-4-2-7-14(10-19)18(11)9-15(20)17-13-6-3-5-12(16)8-13/h3,5-6,8,11,14,19H,2,4,7,9-10H2,1H3,(H,17,20). The molecule has 1 aromatic rings. The van der Waals surface area contributed by atoms with Gasteiger partial charge < -0.3 is 10.4 Å². The van der Waals surface area contributed by atoms with Gasteiger partial charge in [0.15, 0.2) is 0 Å². The van der Waals surface area contributed by atoms with Crippen LogP contribution in [0.4, 0.5) is 5.69 Å². The molecule has 20 heavy (non-hydrogen) atoms. The third-order valence-electron chi connectivity index (χ3n) is 3.84. The van der Waals surface area contributed by atoms with E-state index in [-0.39, 0.29) is 18.6 Å². The zero-order valence-electron chi connectivity index (χ0n) is 11.7. The first-order valence-corrected chi connectivity index (χ1v) is 7.40. The second-order valence-electron chi connectivity index (χ2n) is 5.35. The minimum atomic E-state index is -0.0699. The molecule has 2 atom stereocenters. The molecule has 2 unspecified atom stereocenters. The molecular formula is C15H21ClN2O2. The molecule has 1 aliphatic heterocycles. The first-order valence-electron chi connectivity index (χ1n) is 7.02. The Bertz CT molecular complexity index is 467. The fourth-order valence-corrected chi connectivity index (χ4v) is 2.94. The van der Waals surface area contributed by atoms with Gasteiger partial charge >= 0.3 is 0 Å². The van der Waals surface area contributed by atoms with Crippen LogP contribution in [0.5, 0.6) is 0 Å². The average molecular weight is 297 g/mol. The zero-order valence-corrected chi connectivity index (χ0v) is 12.4. The number of nitrogens with zero attached hydrogens (tertiary/aromatic N) is 1. The molecule has 0 aromatic heterocycles. The number of benzene rings is 1. The molecule has 110 valence electrons. The van der Waals surface area contributed by atoms with Crippen molar-refractivity contribution in [2.24, 2.45) is 0 Å². The number of carbonyl (C=O) groups excluding carboxylic acids is 1. The van der Waals surface area contributed by atoms with Crippen LogP contribution in [0.15, 0.2) is 24.3 Å². The van der Waals surface area contributed by atoms with Crippen molar-refractivity contribution in [3.63, 3.8) is 0 Å². The number of likely N-dealkylation sites (tertiary alicyclic amines) is 1. The summed E-state index contributed by atoms with van der Waals surface area (Å²) >= 11 is 5.89. The van der Waals surface area contributed by atoms with Gasteiger partial charge in [-0.25, -0.2) is 0 Å². The molecule has 5 heteroatoms. The lowest BCUT2D eigenvalue weighted by Crippen LogP contribution is -2.50. The summed E-state index contributed by atoms with van der Waals surface area (Å²) < 4.78 is 0. The van der Waals surface area contributed by atoms with Crippen LogP contribution in [0, 0.1) is 0 Å². The Morgan fingerprint density at radius 3 is 3.00 bits per heavy atom. The molecule has 1 fully saturated rings. The van der Waals surface area contributed by atoms with E-state index in [1.807, 2.05) is 6.07 Å². The van der Waals surface area contributed by atoms with E-state index < -0.39 is 0 Å². The summed E-state index contributed by atoms with van der Waals surface area (Å²) in [7, 11) is 0. The highest BCUT2D eigenvalue weighted by Crippen LogP contribution is 2.22. The summed E-state index contributed by atoms with van der Waals surface area (Å²) in [6.07, 6.45) is 3.13. The van der Waals surface area contributed by atoms with E-state index >= 15 is 0 Å². The van der Waals surface area contributed by atoms with Gasteiger partial charge in [-0.1, -0.05) is 24.1 Å². The summed E-state index contributed by atoms with van der Waals surface area (Å²) in [6.45, 7) is 2.52. The fourth-order valence-electron chi connectivity index (χ4n) is 2.75. The van der Waals surface area contributed by atoms with E-state index in [2.05, 4.69) is 17.1 Å². The first kappa shape index (κ1) is 15.3. The molecule has 2 rings (SSSR count). The Morgan fingerprint density at radius 2 is 2.30 bits per heavy atom. The van der Waals surface area contributed by atoms with E-state index in [0.29, 0.717) is 23.3 Å². The number of nitrogens with one attached hydrogen (secondary N) is 1. The summed E-state index contributed by atoms with van der Waals surface area (Å²) in [5.74, 6) is -0.0699. The van der Waals surface area contributed by atoms with Crippen molar-refractivity contribution in [3.05, 3.63) is 29.3 Å². The second-order valence-corrected chi connectivity index (χ2v) is 5.78. The molecule has 1 aromatic carbocycles. The van der Waals surface area contributed by atoms with Crippen molar-refractivity contribution in [3.8, 4) is 0 Å². The van der Waals surface area contributed by atoms with Gasteiger partial charge in [0.2, 0.25) is 5.91 Å². The molecule has 0 spiro atoms. The van der Waals surface area contributed by atoms with Crippen molar-refractivity contribution in [1.29, 1.82) is 0 Å². The molecule has 1 aliphatic rings. The number of hydrogen-bond acceptors (Lipinski definition) is 3. The largest absolute Gasteiger partial charge is 0.395 e. The molecule has 0 saturated carbocycles. The van der Waals surface area contributed by atoms with Crippen molar-refractivity contribution in [2.45, 2.75) is 38.3 Å². The van der Waals surface area contributed by atoms with Crippen LogP contribution in [-0.4, -0.2) is 41.1 Å². The Hall–Kier alpha value is -1.10. The zero-order chi connectivity index (χ0) is 14.5. The van der Waals surface area contributed by atoms with Crippen LogP contribution in [0.3, 0.4) is 0 Å². The van der Waals surface area contributed by atoms with Gasteiger partial charge in [-0.2, -0.15) is 0 Å². The molecule has 1 heterocycles. The first-order chi connectivity index (χ1) is 9.60. The molecule has 1 saturated heterocycles. The van der Waals surface area contributed by atoms with E-state index in [1.54, 1.807) is 18.2 Å². The molecule has 2 N–H and O–H groups in total. The highest BCUT2D eigenvalue weighted by Gasteiger charge is 2.28. The van der Waals surface area contributed by atoms with Crippen LogP contribution in [0.25, 0.3) is 0 Å². The topological polar surface area (TPSA) is 52.6 Å². The molecule has 0 radical (unpaired) electrons. The smallest absolute Gasteiger partial charge is 0.238 e. The SMILES string of the molecule is CC1CCCC(CO)N1CC(=O)Nc1cccc(Cl)c1. The lowest BCUT2D eigenvalue weighted by atomic mass is 9.97. The van der Waals surface area contributed by atoms with Gasteiger partial charge in [0.05, 0.1) is 13.2 Å². The van der Waals surface area contributed by atoms with Crippen LogP contribution in [-0.2, 0) is 4.79 Å². The predicted octanol–water partition coefficient (Wildman–Crippen LogP) is 2.51. The number of aliphatic hydroxyl groups excluding tert-OH is 1. The normalized spacial score (nSPS) is 23.6. The van der Waals surface area contributed by atoms with E-state index in [4.69, 9.17) is 11.6 Å². The van der Waals surface area contributed by atoms with E-state index in [0.717, 1.165) is 19.3 Å². The van der Waals surface area contributed by atoms with Gasteiger partial charge in [-0.05, 0) is 38.0 Å². The minimum absolute atomic E-state index is 0.0699. The summed E-state index contributed by atoms with van der Waals surface area (Å²) in [5, 5.41) is 12.9. The maximum Gasteiger partial charge on any atom is 0.238 e. The molecule has 1 amide bonds. The number of amides is 1. The van der Waals surface area contributed by atoms with Crippen LogP contribution < -0.4 is 5.32 Å². The van der Waals surface area contributed by atoms with Gasteiger partial charge in [-0.15, -0.1) is 0 Å². The van der Waals surface area contributed by atoms with Crippen LogP contribution >= 0.6 is 11.6 Å². The van der Waals surface area contributed by atoms with Crippen molar-refractivity contribution in [2.75, 3.05) is 18.5 Å². The number of rotatable bonds is 4. The number of piperidine rings is 1. The summed E-state index contributed by atoms with van der Waals surface area (Å²) in [4.78, 5) is 14.2. The summed E-state index contributed by atoms with van der Waals surface area (Å²) in [5.41, 5.74) is 0.702. The lowest BCUT2D eigenvalue weighted by molar-refractivity contribution is -0.119. The number of hydrogen-bond donors (Lipinski definition) is 2. The highest BCUT2D eigenvalue weighted by atomic mass is 35.5. The molecule has 4 nitrogen and oxygen atoms in total. The number of anilines is 1. The highest BCUT2D eigenvalue weighted by molar-refractivity contribution is 6.30. The van der Waals surface area contributed by atoms with Crippen molar-refractivity contribution >= 4 is 23.2 Å². The molecular weight excluding hydrogens is 276 g/mol. The third kappa shape index (κ3) is 3.95. The molecule has 0 bridgehead atoms. The predicted molar refractivity (Wildman–Crippen MR) is 81.0 cm³/mol. The number of halogens is 1. The van der Waals surface area contributed by atoms with Gasteiger partial charge in [0.1, 0.15) is 0 Å². The maximum absolute atomic E-state index is 12.1. The number of aliphatic hydroxyl groups is 1. The third-order valence-corrected chi connectivity index (χ3v) is 4.07. The van der Waals surface area contributed by atoms with Gasteiger partial charge in [0, 0.05) is 22.8 Å². The Labute approximate surface area is 124 Å². The second kappa shape index (κ2) is 7.07. The van der Waals surface area contributed by atoms with Crippen LogP contribution in [0.2, 0.25) is 5.02 Å². The monoisotopic (exact) mass is 296 g/mol. The van der Waals surface area contributed by atoms with Crippen LogP contribution in [0.1, 0.15) is 26.2 Å². The Balaban J connectivity index is 1.96. The fraction of sp³-hybridized carbons (Fsp3) is 0.533. The summed E-state index contributed by atoms with van der Waals surface area (Å²) in [6, 6.07) is 7.52. The van der Waals surface area contributed by atoms with E-state index in [9.17, 15) is 9.90 Å². The Morgan fingerprint density at radius 1 is 1.50 bits per heavy atom. The minimum Gasteiger partial charge on any atom is -0.395 e. The van der Waals surface area contributed by atoms with Crippen molar-refractivity contribution < 1.29 is 9.90 Å². The number of carbonyl (C=O) groups is 1. The Kier molecular flexibility index (Phi) is 5.40. The average Bonchev–Trinajstić information content (AvgIpc) is 2.41.